The van der Waals surface area contributed by atoms with Crippen LogP contribution in [0.1, 0.15) is 11.1 Å². The van der Waals surface area contributed by atoms with Crippen molar-refractivity contribution in [2.75, 3.05) is 11.8 Å². The van der Waals surface area contributed by atoms with Crippen LogP contribution in [0.4, 0.5) is 5.69 Å². The van der Waals surface area contributed by atoms with Gasteiger partial charge in [-0.1, -0.05) is 48.5 Å². The molecule has 0 aliphatic heterocycles. The summed E-state index contributed by atoms with van der Waals surface area (Å²) in [7, 11) is -1.58. The molecule has 0 aliphatic carbocycles. The quantitative estimate of drug-likeness (QED) is 0.858. The molecule has 0 atom stereocenters. The van der Waals surface area contributed by atoms with Crippen LogP contribution in [0.15, 0.2) is 54.6 Å². The average molecular weight is 290 g/mol. The highest BCUT2D eigenvalue weighted by Crippen LogP contribution is 2.18. The van der Waals surface area contributed by atoms with E-state index >= 15 is 0 Å². The van der Waals surface area contributed by atoms with Gasteiger partial charge >= 0.3 is 0 Å². The van der Waals surface area contributed by atoms with E-state index in [-0.39, 0.29) is 5.75 Å². The Balaban J connectivity index is 2.16. The summed E-state index contributed by atoms with van der Waals surface area (Å²) in [6.07, 6.45) is 0. The monoisotopic (exact) mass is 290 g/mol. The second kappa shape index (κ2) is 6.54. The maximum atomic E-state index is 12.2. The lowest BCUT2D eigenvalue weighted by molar-refractivity contribution is 0.600. The van der Waals surface area contributed by atoms with Crippen LogP contribution in [0.2, 0.25) is 0 Å². The van der Waals surface area contributed by atoms with Crippen LogP contribution in [0.25, 0.3) is 0 Å². The normalized spacial score (nSPS) is 11.2. The molecule has 2 aromatic rings. The molecule has 2 aromatic carbocycles. The zero-order valence-corrected chi connectivity index (χ0v) is 12.2. The van der Waals surface area contributed by atoms with E-state index in [2.05, 4.69) is 10.0 Å². The molecule has 2 rings (SSSR count). The van der Waals surface area contributed by atoms with Crippen molar-refractivity contribution in [3.8, 4) is 0 Å². The molecule has 0 aromatic heterocycles. The fraction of sp³-hybridized carbons (Fsp3) is 0.200. The number of hydrogen-bond acceptors (Lipinski definition) is 3. The highest BCUT2D eigenvalue weighted by molar-refractivity contribution is 7.91. The highest BCUT2D eigenvalue weighted by Gasteiger charge is 2.13. The van der Waals surface area contributed by atoms with Crippen LogP contribution in [0.5, 0.6) is 0 Å². The topological polar surface area (TPSA) is 58.2 Å². The largest absolute Gasteiger partial charge is 0.316 e. The molecule has 106 valence electrons. The average Bonchev–Trinajstić information content (AvgIpc) is 2.41. The third-order valence-electron chi connectivity index (χ3n) is 2.85. The van der Waals surface area contributed by atoms with Crippen LogP contribution < -0.4 is 10.0 Å². The lowest BCUT2D eigenvalue weighted by Crippen LogP contribution is -2.17. The van der Waals surface area contributed by atoms with Gasteiger partial charge in [-0.05, 0) is 24.2 Å². The van der Waals surface area contributed by atoms with Crippen molar-refractivity contribution < 1.29 is 8.42 Å². The number of benzene rings is 2. The van der Waals surface area contributed by atoms with Gasteiger partial charge in [-0.25, -0.2) is 8.42 Å². The van der Waals surface area contributed by atoms with Gasteiger partial charge in [0.25, 0.3) is 0 Å². The number of rotatable bonds is 6. The van der Waals surface area contributed by atoms with Crippen LogP contribution in [-0.4, -0.2) is 15.5 Å². The standard InChI is InChI=1S/C15H18N2O2S/c1-16-11-14-9-5-6-10-15(14)17-20(18,19)12-13-7-3-2-4-8-13/h2-10,16-17H,11-12H2,1H3. The van der Waals surface area contributed by atoms with Gasteiger partial charge in [0.05, 0.1) is 11.4 Å². The molecule has 0 spiro atoms. The van der Waals surface area contributed by atoms with Gasteiger partial charge in [0.1, 0.15) is 0 Å². The molecule has 0 heterocycles. The zero-order chi connectivity index (χ0) is 14.4. The molecule has 5 heteroatoms. The van der Waals surface area contributed by atoms with Gasteiger partial charge in [0, 0.05) is 6.54 Å². The molecule has 2 N–H and O–H groups in total. The van der Waals surface area contributed by atoms with Gasteiger partial charge in [0.15, 0.2) is 0 Å². The van der Waals surface area contributed by atoms with Gasteiger partial charge < -0.3 is 5.32 Å². The van der Waals surface area contributed by atoms with Crippen molar-refractivity contribution in [3.05, 3.63) is 65.7 Å². The summed E-state index contributed by atoms with van der Waals surface area (Å²) in [6.45, 7) is 0.615. The molecule has 0 bridgehead atoms. The Labute approximate surface area is 119 Å². The molecule has 0 unspecified atom stereocenters. The summed E-state index contributed by atoms with van der Waals surface area (Å²) >= 11 is 0. The molecule has 0 fully saturated rings. The van der Waals surface area contributed by atoms with Crippen LogP contribution in [0.3, 0.4) is 0 Å². The third kappa shape index (κ3) is 4.08. The van der Waals surface area contributed by atoms with E-state index in [1.165, 1.54) is 0 Å². The summed E-state index contributed by atoms with van der Waals surface area (Å²) < 4.78 is 27.0. The smallest absolute Gasteiger partial charge is 0.236 e. The van der Waals surface area contributed by atoms with Crippen molar-refractivity contribution in [1.29, 1.82) is 0 Å². The van der Waals surface area contributed by atoms with Gasteiger partial charge in [-0.3, -0.25) is 4.72 Å². The Hall–Kier alpha value is -1.85. The maximum absolute atomic E-state index is 12.2. The minimum Gasteiger partial charge on any atom is -0.316 e. The van der Waals surface area contributed by atoms with Crippen LogP contribution in [0, 0.1) is 0 Å². The number of hydrogen-bond donors (Lipinski definition) is 2. The molecular weight excluding hydrogens is 272 g/mol. The van der Waals surface area contributed by atoms with Crippen molar-refractivity contribution in [3.63, 3.8) is 0 Å². The Morgan fingerprint density at radius 2 is 1.60 bits per heavy atom. The predicted octanol–water partition coefficient (Wildman–Crippen LogP) is 2.35. The van der Waals surface area contributed by atoms with E-state index in [9.17, 15) is 8.42 Å². The molecule has 0 amide bonds. The van der Waals surface area contributed by atoms with Gasteiger partial charge in [-0.2, -0.15) is 0 Å². The van der Waals surface area contributed by atoms with Crippen molar-refractivity contribution in [1.82, 2.24) is 5.32 Å². The second-order valence-corrected chi connectivity index (χ2v) is 6.26. The van der Waals surface area contributed by atoms with Crippen LogP contribution >= 0.6 is 0 Å². The summed E-state index contributed by atoms with van der Waals surface area (Å²) in [6, 6.07) is 16.5. The number of para-hydroxylation sites is 1. The molecule has 4 nitrogen and oxygen atoms in total. The van der Waals surface area contributed by atoms with Gasteiger partial charge in [-0.15, -0.1) is 0 Å². The highest BCUT2D eigenvalue weighted by atomic mass is 32.2. The summed E-state index contributed by atoms with van der Waals surface area (Å²) in [5.74, 6) is -0.0261. The molecule has 0 radical (unpaired) electrons. The number of sulfonamides is 1. The fourth-order valence-electron chi connectivity index (χ4n) is 1.96. The molecule has 0 saturated carbocycles. The molecular formula is C15H18N2O2S. The van der Waals surface area contributed by atoms with E-state index in [0.717, 1.165) is 11.1 Å². The Morgan fingerprint density at radius 3 is 2.30 bits per heavy atom. The number of nitrogens with one attached hydrogen (secondary N) is 2. The van der Waals surface area contributed by atoms with E-state index in [1.54, 1.807) is 18.2 Å². The van der Waals surface area contributed by atoms with E-state index < -0.39 is 10.0 Å². The molecule has 0 saturated heterocycles. The first-order valence-electron chi connectivity index (χ1n) is 6.37. The molecule has 0 aliphatic rings. The predicted molar refractivity (Wildman–Crippen MR) is 81.9 cm³/mol. The lowest BCUT2D eigenvalue weighted by atomic mass is 10.2. The van der Waals surface area contributed by atoms with Gasteiger partial charge in [0.2, 0.25) is 10.0 Å². The number of anilines is 1. The van der Waals surface area contributed by atoms with Crippen molar-refractivity contribution >= 4 is 15.7 Å². The Morgan fingerprint density at radius 1 is 0.950 bits per heavy atom. The van der Waals surface area contributed by atoms with Crippen molar-refractivity contribution in [2.24, 2.45) is 0 Å². The second-order valence-electron chi connectivity index (χ2n) is 4.53. The van der Waals surface area contributed by atoms with E-state index in [0.29, 0.717) is 12.2 Å². The van der Waals surface area contributed by atoms with E-state index in [4.69, 9.17) is 0 Å². The molecule has 20 heavy (non-hydrogen) atoms. The SMILES string of the molecule is CNCc1ccccc1NS(=O)(=O)Cc1ccccc1. The fourth-order valence-corrected chi connectivity index (χ4v) is 3.20. The first-order chi connectivity index (χ1) is 9.61. The van der Waals surface area contributed by atoms with E-state index in [1.807, 2.05) is 43.4 Å². The maximum Gasteiger partial charge on any atom is 0.236 e. The Kier molecular flexibility index (Phi) is 4.76. The third-order valence-corrected chi connectivity index (χ3v) is 4.09. The summed E-state index contributed by atoms with van der Waals surface area (Å²) in [4.78, 5) is 0. The lowest BCUT2D eigenvalue weighted by Gasteiger charge is -2.12. The zero-order valence-electron chi connectivity index (χ0n) is 11.3. The summed E-state index contributed by atoms with van der Waals surface area (Å²) in [5, 5.41) is 3.03. The van der Waals surface area contributed by atoms with Crippen molar-refractivity contribution in [2.45, 2.75) is 12.3 Å². The van der Waals surface area contributed by atoms with Crippen LogP contribution in [-0.2, 0) is 22.3 Å². The summed E-state index contributed by atoms with van der Waals surface area (Å²) in [5.41, 5.74) is 2.32. The first-order valence-corrected chi connectivity index (χ1v) is 8.03. The first kappa shape index (κ1) is 14.6. The Bertz CT molecular complexity index is 655. The minimum absolute atomic E-state index is 0.0261. The minimum atomic E-state index is -3.41.